The van der Waals surface area contributed by atoms with Crippen molar-refractivity contribution in [2.45, 2.75) is 0 Å². The molecule has 0 heterocycles. The molecule has 12 aromatic carbocycles. The summed E-state index contributed by atoms with van der Waals surface area (Å²) in [5.41, 5.74) is 15.4. The Morgan fingerprint density at radius 2 is 0.614 bits per heavy atom. The van der Waals surface area contributed by atoms with Crippen LogP contribution in [-0.2, 0) is 0 Å². The van der Waals surface area contributed by atoms with E-state index < -0.39 is 0 Å². The lowest BCUT2D eigenvalue weighted by molar-refractivity contribution is 1.29. The molecular formula is C66H48N4. The quantitative estimate of drug-likeness (QED) is 0.128. The second-order valence-electron chi connectivity index (χ2n) is 17.6. The molecule has 0 fully saturated rings. The first-order valence-electron chi connectivity index (χ1n) is 23.8. The second kappa shape index (κ2) is 18.7. The summed E-state index contributed by atoms with van der Waals surface area (Å²) >= 11 is 0. The van der Waals surface area contributed by atoms with Crippen LogP contribution in [0.1, 0.15) is 0 Å². The average molecular weight is 897 g/mol. The van der Waals surface area contributed by atoms with Gasteiger partial charge in [-0.05, 0) is 142 Å². The summed E-state index contributed by atoms with van der Waals surface area (Å²) in [6, 6.07) is 99.8. The Balaban J connectivity index is 0.867. The second-order valence-corrected chi connectivity index (χ2v) is 17.6. The van der Waals surface area contributed by atoms with E-state index in [1.165, 1.54) is 32.3 Å². The Kier molecular flexibility index (Phi) is 11.2. The van der Waals surface area contributed by atoms with Crippen molar-refractivity contribution < 1.29 is 0 Å². The molecule has 12 aromatic rings. The molecule has 0 aliphatic carbocycles. The molecule has 0 bridgehead atoms. The SMILES string of the molecule is c1ccc(Nc2ccc(N(c3ccc(-c4cccc(N(c5ccc(-c6ccc(Nc7cccc8ccccc78)cc6)cc5)c5cccc6ccccc56)c4)cc3)c3cccc4ccccc34)cc2)cc1. The van der Waals surface area contributed by atoms with E-state index in [2.05, 4.69) is 281 Å². The van der Waals surface area contributed by atoms with Gasteiger partial charge in [0.15, 0.2) is 0 Å². The van der Waals surface area contributed by atoms with Gasteiger partial charge in [-0.3, -0.25) is 0 Å². The number of para-hydroxylation sites is 1. The maximum atomic E-state index is 3.64. The van der Waals surface area contributed by atoms with E-state index in [1.54, 1.807) is 0 Å². The van der Waals surface area contributed by atoms with Gasteiger partial charge in [0.2, 0.25) is 0 Å². The van der Waals surface area contributed by atoms with E-state index in [4.69, 9.17) is 0 Å². The zero-order valence-electron chi connectivity index (χ0n) is 38.5. The van der Waals surface area contributed by atoms with Gasteiger partial charge in [0, 0.05) is 61.7 Å². The molecule has 0 saturated carbocycles. The molecular weight excluding hydrogens is 849 g/mol. The van der Waals surface area contributed by atoms with E-state index in [1.807, 2.05) is 18.2 Å². The zero-order chi connectivity index (χ0) is 46.6. The molecule has 0 radical (unpaired) electrons. The molecule has 0 unspecified atom stereocenters. The van der Waals surface area contributed by atoms with Gasteiger partial charge in [-0.15, -0.1) is 0 Å². The molecule has 0 amide bonds. The van der Waals surface area contributed by atoms with Gasteiger partial charge >= 0.3 is 0 Å². The lowest BCUT2D eigenvalue weighted by Crippen LogP contribution is -2.11. The molecule has 332 valence electrons. The van der Waals surface area contributed by atoms with Crippen LogP contribution < -0.4 is 20.4 Å². The van der Waals surface area contributed by atoms with Crippen LogP contribution in [0, 0.1) is 0 Å². The molecule has 4 heteroatoms. The van der Waals surface area contributed by atoms with Crippen molar-refractivity contribution in [2.75, 3.05) is 20.4 Å². The third-order valence-corrected chi connectivity index (χ3v) is 13.2. The van der Waals surface area contributed by atoms with Gasteiger partial charge in [0.05, 0.1) is 11.4 Å². The summed E-state index contributed by atoms with van der Waals surface area (Å²) in [7, 11) is 0. The molecule has 70 heavy (non-hydrogen) atoms. The minimum absolute atomic E-state index is 1.04. The predicted octanol–water partition coefficient (Wildman–Crippen LogP) is 18.9. The minimum atomic E-state index is 1.04. The lowest BCUT2D eigenvalue weighted by Gasteiger charge is -2.28. The molecule has 0 aliphatic heterocycles. The largest absolute Gasteiger partial charge is 0.356 e. The maximum Gasteiger partial charge on any atom is 0.0540 e. The first-order chi connectivity index (χ1) is 34.7. The van der Waals surface area contributed by atoms with Crippen LogP contribution in [0.4, 0.5) is 56.9 Å². The van der Waals surface area contributed by atoms with E-state index >= 15 is 0 Å². The number of fused-ring (bicyclic) bond motifs is 3. The van der Waals surface area contributed by atoms with Crippen LogP contribution in [0.15, 0.2) is 279 Å². The number of rotatable bonds is 12. The Morgan fingerprint density at radius 1 is 0.229 bits per heavy atom. The summed E-state index contributed by atoms with van der Waals surface area (Å²) in [4.78, 5) is 4.75. The van der Waals surface area contributed by atoms with Gasteiger partial charge in [-0.25, -0.2) is 0 Å². The van der Waals surface area contributed by atoms with Crippen molar-refractivity contribution in [3.63, 3.8) is 0 Å². The molecule has 0 atom stereocenters. The van der Waals surface area contributed by atoms with Crippen molar-refractivity contribution in [3.05, 3.63) is 279 Å². The van der Waals surface area contributed by atoms with Crippen LogP contribution >= 0.6 is 0 Å². The van der Waals surface area contributed by atoms with Crippen molar-refractivity contribution in [1.29, 1.82) is 0 Å². The predicted molar refractivity (Wildman–Crippen MR) is 299 cm³/mol. The van der Waals surface area contributed by atoms with Gasteiger partial charge < -0.3 is 20.4 Å². The molecule has 0 spiro atoms. The molecule has 0 aliphatic rings. The Morgan fingerprint density at radius 3 is 1.20 bits per heavy atom. The van der Waals surface area contributed by atoms with Crippen LogP contribution in [0.3, 0.4) is 0 Å². The number of anilines is 10. The van der Waals surface area contributed by atoms with Crippen molar-refractivity contribution >= 4 is 89.2 Å². The summed E-state index contributed by atoms with van der Waals surface area (Å²) in [5, 5.41) is 14.4. The monoisotopic (exact) mass is 896 g/mol. The molecule has 0 saturated heterocycles. The third-order valence-electron chi connectivity index (χ3n) is 13.2. The molecule has 2 N–H and O–H groups in total. The smallest absolute Gasteiger partial charge is 0.0540 e. The summed E-state index contributed by atoms with van der Waals surface area (Å²) in [6.07, 6.45) is 0. The summed E-state index contributed by atoms with van der Waals surface area (Å²) in [5.74, 6) is 0. The van der Waals surface area contributed by atoms with E-state index in [9.17, 15) is 0 Å². The number of hydrogen-bond donors (Lipinski definition) is 2. The first-order valence-corrected chi connectivity index (χ1v) is 23.8. The Hall–Kier alpha value is -9.38. The normalized spacial score (nSPS) is 11.1. The van der Waals surface area contributed by atoms with Crippen LogP contribution in [0.2, 0.25) is 0 Å². The van der Waals surface area contributed by atoms with Crippen LogP contribution in [0.25, 0.3) is 54.6 Å². The average Bonchev–Trinajstić information content (AvgIpc) is 3.43. The summed E-state index contributed by atoms with van der Waals surface area (Å²) in [6.45, 7) is 0. The fraction of sp³-hybridized carbons (Fsp3) is 0. The molecule has 0 aromatic heterocycles. The van der Waals surface area contributed by atoms with E-state index in [0.717, 1.165) is 79.1 Å². The molecule has 12 rings (SSSR count). The van der Waals surface area contributed by atoms with Gasteiger partial charge in [0.25, 0.3) is 0 Å². The number of nitrogens with one attached hydrogen (secondary N) is 2. The highest BCUT2D eigenvalue weighted by atomic mass is 15.1. The van der Waals surface area contributed by atoms with Crippen molar-refractivity contribution in [3.8, 4) is 22.3 Å². The standard InChI is InChI=1S/C66H48N4/c1-2-21-54(22-3-1)67-55-38-44-59(45-39-55)69(65-28-12-18-51-15-5-8-25-62(51)65)57-42-34-49(35-43-57)53-20-10-23-60(46-53)70(66-29-13-19-52-16-6-9-26-63(52)66)58-40-32-48(33-41-58)47-30-36-56(37-31-47)68-64-27-11-17-50-14-4-7-24-61(50)64/h1-46,67-68H. The minimum Gasteiger partial charge on any atom is -0.356 e. The van der Waals surface area contributed by atoms with Crippen molar-refractivity contribution in [2.24, 2.45) is 0 Å². The van der Waals surface area contributed by atoms with Gasteiger partial charge in [0.1, 0.15) is 0 Å². The number of hydrogen-bond acceptors (Lipinski definition) is 4. The topological polar surface area (TPSA) is 30.5 Å². The van der Waals surface area contributed by atoms with Gasteiger partial charge in [-0.1, -0.05) is 176 Å². The van der Waals surface area contributed by atoms with E-state index in [-0.39, 0.29) is 0 Å². The third kappa shape index (κ3) is 8.47. The highest BCUT2D eigenvalue weighted by Gasteiger charge is 2.19. The Labute approximate surface area is 409 Å². The van der Waals surface area contributed by atoms with E-state index in [0.29, 0.717) is 0 Å². The van der Waals surface area contributed by atoms with Crippen LogP contribution in [0.5, 0.6) is 0 Å². The zero-order valence-corrected chi connectivity index (χ0v) is 38.5. The first kappa shape index (κ1) is 42.0. The fourth-order valence-corrected chi connectivity index (χ4v) is 9.71. The highest BCUT2D eigenvalue weighted by Crippen LogP contribution is 2.43. The number of benzene rings is 12. The van der Waals surface area contributed by atoms with Crippen molar-refractivity contribution in [1.82, 2.24) is 0 Å². The Bertz CT molecular complexity index is 3740. The maximum absolute atomic E-state index is 3.64. The van der Waals surface area contributed by atoms with Crippen LogP contribution in [-0.4, -0.2) is 0 Å². The highest BCUT2D eigenvalue weighted by molar-refractivity contribution is 6.01. The fourth-order valence-electron chi connectivity index (χ4n) is 9.71. The van der Waals surface area contributed by atoms with Gasteiger partial charge in [-0.2, -0.15) is 0 Å². The molecule has 4 nitrogen and oxygen atoms in total. The summed E-state index contributed by atoms with van der Waals surface area (Å²) < 4.78 is 0. The number of nitrogens with zero attached hydrogens (tertiary/aromatic N) is 2. The lowest BCUT2D eigenvalue weighted by atomic mass is 10.0.